The molecule has 0 aromatic heterocycles. The van der Waals surface area contributed by atoms with Gasteiger partial charge in [-0.2, -0.15) is 0 Å². The summed E-state index contributed by atoms with van der Waals surface area (Å²) in [6, 6.07) is 14.9. The molecule has 5 heteroatoms. The topological polar surface area (TPSA) is 55.6 Å². The first-order valence-corrected chi connectivity index (χ1v) is 7.44. The lowest BCUT2D eigenvalue weighted by molar-refractivity contribution is 0.0701. The molecule has 0 spiro atoms. The van der Waals surface area contributed by atoms with E-state index in [-0.39, 0.29) is 6.09 Å². The van der Waals surface area contributed by atoms with Crippen LogP contribution in [0, 0.1) is 0 Å². The van der Waals surface area contributed by atoms with Crippen molar-refractivity contribution < 1.29 is 9.53 Å². The number of para-hydroxylation sites is 1. The molecule has 1 heterocycles. The van der Waals surface area contributed by atoms with E-state index in [9.17, 15) is 4.79 Å². The molecule has 0 saturated carbocycles. The van der Waals surface area contributed by atoms with E-state index in [1.54, 1.807) is 11.0 Å². The highest BCUT2D eigenvalue weighted by atomic mass is 35.5. The predicted octanol–water partition coefficient (Wildman–Crippen LogP) is 3.79. The van der Waals surface area contributed by atoms with Gasteiger partial charge in [-0.05, 0) is 24.6 Å². The summed E-state index contributed by atoms with van der Waals surface area (Å²) in [5.74, 6) is 0. The lowest BCUT2D eigenvalue weighted by atomic mass is 9.96. The minimum atomic E-state index is -0.751. The average molecular weight is 317 g/mol. The molecule has 2 aromatic carbocycles. The standard InChI is InChI=1S/C17H17ClN2O2/c1-17(13-7-3-4-8-14(13)18)11-20(16(21)22-17)10-12-6-2-5-9-15(12)19/h2-9H,10-11,19H2,1H3. The maximum atomic E-state index is 12.2. The van der Waals surface area contributed by atoms with E-state index in [0.717, 1.165) is 11.1 Å². The maximum absolute atomic E-state index is 12.2. The van der Waals surface area contributed by atoms with E-state index in [0.29, 0.717) is 23.8 Å². The van der Waals surface area contributed by atoms with Crippen molar-refractivity contribution in [3.05, 3.63) is 64.7 Å². The fourth-order valence-electron chi connectivity index (χ4n) is 2.75. The van der Waals surface area contributed by atoms with Gasteiger partial charge in [0, 0.05) is 16.3 Å². The first-order valence-electron chi connectivity index (χ1n) is 7.06. The van der Waals surface area contributed by atoms with Crippen LogP contribution in [0.2, 0.25) is 5.02 Å². The number of cyclic esters (lactones) is 1. The fraction of sp³-hybridized carbons (Fsp3) is 0.235. The minimum absolute atomic E-state index is 0.356. The Kier molecular flexibility index (Phi) is 3.71. The Labute approximate surface area is 134 Å². The number of amides is 1. The monoisotopic (exact) mass is 316 g/mol. The lowest BCUT2D eigenvalue weighted by Gasteiger charge is -2.23. The van der Waals surface area contributed by atoms with Gasteiger partial charge in [0.15, 0.2) is 5.60 Å². The Morgan fingerprint density at radius 3 is 2.64 bits per heavy atom. The summed E-state index contributed by atoms with van der Waals surface area (Å²) in [5.41, 5.74) is 7.58. The molecule has 2 N–H and O–H groups in total. The molecule has 4 nitrogen and oxygen atoms in total. The zero-order valence-corrected chi connectivity index (χ0v) is 13.0. The van der Waals surface area contributed by atoms with Gasteiger partial charge in [-0.25, -0.2) is 4.79 Å². The summed E-state index contributed by atoms with van der Waals surface area (Å²) in [6.45, 7) is 2.73. The number of benzene rings is 2. The predicted molar refractivity (Wildman–Crippen MR) is 86.5 cm³/mol. The molecule has 22 heavy (non-hydrogen) atoms. The second kappa shape index (κ2) is 5.54. The van der Waals surface area contributed by atoms with Crippen LogP contribution in [0.3, 0.4) is 0 Å². The van der Waals surface area contributed by atoms with Gasteiger partial charge in [-0.3, -0.25) is 4.90 Å². The molecule has 0 radical (unpaired) electrons. The van der Waals surface area contributed by atoms with Gasteiger partial charge in [-0.15, -0.1) is 0 Å². The Morgan fingerprint density at radius 1 is 1.23 bits per heavy atom. The molecular weight excluding hydrogens is 300 g/mol. The number of halogens is 1. The third-order valence-electron chi connectivity index (χ3n) is 3.92. The van der Waals surface area contributed by atoms with Crippen LogP contribution in [-0.2, 0) is 16.9 Å². The summed E-state index contributed by atoms with van der Waals surface area (Å²) in [7, 11) is 0. The van der Waals surface area contributed by atoms with Gasteiger partial charge >= 0.3 is 6.09 Å². The van der Waals surface area contributed by atoms with Gasteiger partial charge in [0.1, 0.15) is 0 Å². The molecule has 1 atom stereocenters. The molecule has 3 rings (SSSR count). The highest BCUT2D eigenvalue weighted by Gasteiger charge is 2.43. The number of carbonyl (C=O) groups is 1. The van der Waals surface area contributed by atoms with Crippen LogP contribution in [0.5, 0.6) is 0 Å². The Bertz CT molecular complexity index is 719. The van der Waals surface area contributed by atoms with Crippen LogP contribution in [0.25, 0.3) is 0 Å². The molecule has 1 unspecified atom stereocenters. The van der Waals surface area contributed by atoms with Crippen molar-refractivity contribution >= 4 is 23.4 Å². The van der Waals surface area contributed by atoms with Crippen LogP contribution in [0.1, 0.15) is 18.1 Å². The Hall–Kier alpha value is -2.20. The quantitative estimate of drug-likeness (QED) is 0.876. The normalized spacial score (nSPS) is 21.0. The van der Waals surface area contributed by atoms with Gasteiger partial charge < -0.3 is 10.5 Å². The number of nitrogens with two attached hydrogens (primary N) is 1. The lowest BCUT2D eigenvalue weighted by Crippen LogP contribution is -2.29. The number of ether oxygens (including phenoxy) is 1. The van der Waals surface area contributed by atoms with Crippen LogP contribution >= 0.6 is 11.6 Å². The van der Waals surface area contributed by atoms with Crippen molar-refractivity contribution in [3.8, 4) is 0 Å². The zero-order valence-electron chi connectivity index (χ0n) is 12.3. The first kappa shape index (κ1) is 14.7. The Balaban J connectivity index is 1.84. The average Bonchev–Trinajstić information content (AvgIpc) is 2.77. The van der Waals surface area contributed by atoms with Crippen LogP contribution < -0.4 is 5.73 Å². The summed E-state index contributed by atoms with van der Waals surface area (Å²) >= 11 is 6.24. The van der Waals surface area contributed by atoms with E-state index in [1.165, 1.54) is 0 Å². The largest absolute Gasteiger partial charge is 0.436 e. The number of carbonyl (C=O) groups excluding carboxylic acids is 1. The van der Waals surface area contributed by atoms with Gasteiger partial charge in [0.2, 0.25) is 0 Å². The summed E-state index contributed by atoms with van der Waals surface area (Å²) < 4.78 is 5.60. The van der Waals surface area contributed by atoms with Crippen molar-refractivity contribution in [3.63, 3.8) is 0 Å². The smallest absolute Gasteiger partial charge is 0.411 e. The van der Waals surface area contributed by atoms with Crippen molar-refractivity contribution in [1.82, 2.24) is 4.90 Å². The molecule has 1 aliphatic heterocycles. The first-order chi connectivity index (χ1) is 10.5. The molecule has 1 saturated heterocycles. The van der Waals surface area contributed by atoms with Crippen molar-refractivity contribution in [2.45, 2.75) is 19.1 Å². The summed E-state index contributed by atoms with van der Waals surface area (Å²) in [6.07, 6.45) is -0.356. The van der Waals surface area contributed by atoms with Crippen molar-refractivity contribution in [1.29, 1.82) is 0 Å². The highest BCUT2D eigenvalue weighted by Crippen LogP contribution is 2.37. The van der Waals surface area contributed by atoms with Crippen LogP contribution in [0.15, 0.2) is 48.5 Å². The van der Waals surface area contributed by atoms with Crippen molar-refractivity contribution in [2.24, 2.45) is 0 Å². The van der Waals surface area contributed by atoms with Crippen molar-refractivity contribution in [2.75, 3.05) is 12.3 Å². The second-order valence-corrected chi connectivity index (χ2v) is 6.04. The number of nitrogens with zero attached hydrogens (tertiary/aromatic N) is 1. The van der Waals surface area contributed by atoms with E-state index in [2.05, 4.69) is 0 Å². The molecule has 0 aliphatic carbocycles. The van der Waals surface area contributed by atoms with E-state index in [1.807, 2.05) is 49.4 Å². The van der Waals surface area contributed by atoms with Gasteiger partial charge in [-0.1, -0.05) is 48.0 Å². The summed E-state index contributed by atoms with van der Waals surface area (Å²) in [4.78, 5) is 13.9. The molecular formula is C17H17ClN2O2. The maximum Gasteiger partial charge on any atom is 0.411 e. The number of nitrogen functional groups attached to an aromatic ring is 1. The SMILES string of the molecule is CC1(c2ccccc2Cl)CN(Cc2ccccc2N)C(=O)O1. The molecule has 2 aromatic rings. The van der Waals surface area contributed by atoms with Gasteiger partial charge in [0.25, 0.3) is 0 Å². The molecule has 1 amide bonds. The number of hydrogen-bond acceptors (Lipinski definition) is 3. The van der Waals surface area contributed by atoms with Crippen LogP contribution in [0.4, 0.5) is 10.5 Å². The van der Waals surface area contributed by atoms with E-state index >= 15 is 0 Å². The number of rotatable bonds is 3. The third-order valence-corrected chi connectivity index (χ3v) is 4.25. The Morgan fingerprint density at radius 2 is 1.91 bits per heavy atom. The fourth-order valence-corrected chi connectivity index (χ4v) is 3.09. The third kappa shape index (κ3) is 2.62. The summed E-state index contributed by atoms with van der Waals surface area (Å²) in [5, 5.41) is 0.596. The molecule has 0 bridgehead atoms. The molecule has 1 aliphatic rings. The zero-order chi connectivity index (χ0) is 15.7. The van der Waals surface area contributed by atoms with E-state index in [4.69, 9.17) is 22.1 Å². The highest BCUT2D eigenvalue weighted by molar-refractivity contribution is 6.31. The molecule has 114 valence electrons. The minimum Gasteiger partial charge on any atom is -0.436 e. The molecule has 1 fully saturated rings. The van der Waals surface area contributed by atoms with Crippen LogP contribution in [-0.4, -0.2) is 17.5 Å². The number of anilines is 1. The second-order valence-electron chi connectivity index (χ2n) is 5.63. The van der Waals surface area contributed by atoms with Gasteiger partial charge in [0.05, 0.1) is 13.1 Å². The number of hydrogen-bond donors (Lipinski definition) is 1. The van der Waals surface area contributed by atoms with E-state index < -0.39 is 5.60 Å².